The standard InChI is InChI=1S/C14H21ClN2O3/c1-9-6-11(7-16-12(9)15)19-8-10(2)17-13(18)20-14(3,4)5/h6-7,10H,8H2,1-5H3,(H,17,18)/t10-/m1/s1. The van der Waals surface area contributed by atoms with Crippen LogP contribution in [0.1, 0.15) is 33.3 Å². The lowest BCUT2D eigenvalue weighted by molar-refractivity contribution is 0.0494. The van der Waals surface area contributed by atoms with Gasteiger partial charge in [-0.15, -0.1) is 0 Å². The van der Waals surface area contributed by atoms with E-state index in [0.29, 0.717) is 17.5 Å². The summed E-state index contributed by atoms with van der Waals surface area (Å²) in [6.07, 6.45) is 1.09. The highest BCUT2D eigenvalue weighted by atomic mass is 35.5. The van der Waals surface area contributed by atoms with Crippen molar-refractivity contribution in [2.24, 2.45) is 0 Å². The first-order valence-corrected chi connectivity index (χ1v) is 6.79. The van der Waals surface area contributed by atoms with Crippen molar-refractivity contribution >= 4 is 17.7 Å². The summed E-state index contributed by atoms with van der Waals surface area (Å²) in [6, 6.07) is 1.62. The number of ether oxygens (including phenoxy) is 2. The van der Waals surface area contributed by atoms with E-state index in [-0.39, 0.29) is 6.04 Å². The highest BCUT2D eigenvalue weighted by molar-refractivity contribution is 6.30. The molecule has 0 aliphatic carbocycles. The van der Waals surface area contributed by atoms with Gasteiger partial charge in [-0.05, 0) is 46.2 Å². The summed E-state index contributed by atoms with van der Waals surface area (Å²) in [6.45, 7) is 9.45. The Kier molecular flexibility index (Phi) is 5.62. The van der Waals surface area contributed by atoms with Crippen LogP contribution in [0.5, 0.6) is 5.75 Å². The van der Waals surface area contributed by atoms with Crippen LogP contribution < -0.4 is 10.1 Å². The number of hydrogen-bond acceptors (Lipinski definition) is 4. The van der Waals surface area contributed by atoms with E-state index in [2.05, 4.69) is 10.3 Å². The highest BCUT2D eigenvalue weighted by Crippen LogP contribution is 2.17. The monoisotopic (exact) mass is 300 g/mol. The molecule has 1 amide bonds. The molecular formula is C14H21ClN2O3. The van der Waals surface area contributed by atoms with Gasteiger partial charge in [-0.2, -0.15) is 0 Å². The normalized spacial score (nSPS) is 12.7. The quantitative estimate of drug-likeness (QED) is 0.866. The van der Waals surface area contributed by atoms with E-state index in [1.165, 1.54) is 0 Å². The van der Waals surface area contributed by atoms with Gasteiger partial charge in [0, 0.05) is 0 Å². The summed E-state index contributed by atoms with van der Waals surface area (Å²) in [5, 5.41) is 3.16. The molecule has 1 atom stereocenters. The van der Waals surface area contributed by atoms with Gasteiger partial charge in [-0.3, -0.25) is 0 Å². The number of carbonyl (C=O) groups is 1. The molecule has 6 heteroatoms. The number of nitrogens with zero attached hydrogens (tertiary/aromatic N) is 1. The van der Waals surface area contributed by atoms with Crippen LogP contribution in [0.3, 0.4) is 0 Å². The van der Waals surface area contributed by atoms with Gasteiger partial charge in [-0.1, -0.05) is 11.6 Å². The van der Waals surface area contributed by atoms with Crippen LogP contribution in [-0.2, 0) is 4.74 Å². The zero-order valence-electron chi connectivity index (χ0n) is 12.5. The highest BCUT2D eigenvalue weighted by Gasteiger charge is 2.17. The Hall–Kier alpha value is -1.49. The smallest absolute Gasteiger partial charge is 0.407 e. The molecule has 0 aromatic carbocycles. The molecule has 0 unspecified atom stereocenters. The van der Waals surface area contributed by atoms with E-state index in [9.17, 15) is 4.79 Å². The Labute approximate surface area is 124 Å². The molecule has 1 rings (SSSR count). The third-order valence-electron chi connectivity index (χ3n) is 2.25. The number of aromatic nitrogens is 1. The lowest BCUT2D eigenvalue weighted by atomic mass is 10.2. The molecule has 0 aliphatic heterocycles. The second-order valence-corrected chi connectivity index (χ2v) is 6.00. The number of halogens is 1. The molecule has 0 fully saturated rings. The van der Waals surface area contributed by atoms with Gasteiger partial charge in [0.2, 0.25) is 0 Å². The lowest BCUT2D eigenvalue weighted by Crippen LogP contribution is -2.40. The number of alkyl carbamates (subject to hydrolysis) is 1. The van der Waals surface area contributed by atoms with Crippen molar-refractivity contribution in [3.63, 3.8) is 0 Å². The molecule has 0 spiro atoms. The molecule has 5 nitrogen and oxygen atoms in total. The van der Waals surface area contributed by atoms with Crippen molar-refractivity contribution in [3.05, 3.63) is 23.0 Å². The number of rotatable bonds is 4. The zero-order valence-corrected chi connectivity index (χ0v) is 13.2. The number of nitrogens with one attached hydrogen (secondary N) is 1. The minimum absolute atomic E-state index is 0.180. The predicted octanol–water partition coefficient (Wildman–Crippen LogP) is 3.34. The van der Waals surface area contributed by atoms with Crippen LogP contribution in [0.2, 0.25) is 5.15 Å². The fraction of sp³-hybridized carbons (Fsp3) is 0.571. The lowest BCUT2D eigenvalue weighted by Gasteiger charge is -2.22. The first-order valence-electron chi connectivity index (χ1n) is 6.42. The Morgan fingerprint density at radius 1 is 1.50 bits per heavy atom. The van der Waals surface area contributed by atoms with E-state index < -0.39 is 11.7 Å². The van der Waals surface area contributed by atoms with Crippen LogP contribution >= 0.6 is 11.6 Å². The van der Waals surface area contributed by atoms with E-state index in [1.54, 1.807) is 12.3 Å². The molecule has 0 radical (unpaired) electrons. The molecule has 0 aliphatic rings. The van der Waals surface area contributed by atoms with E-state index in [4.69, 9.17) is 21.1 Å². The molecule has 0 saturated carbocycles. The minimum Gasteiger partial charge on any atom is -0.490 e. The molecule has 20 heavy (non-hydrogen) atoms. The van der Waals surface area contributed by atoms with E-state index in [0.717, 1.165) is 5.56 Å². The Bertz CT molecular complexity index is 472. The fourth-order valence-corrected chi connectivity index (χ4v) is 1.49. The maximum Gasteiger partial charge on any atom is 0.407 e. The van der Waals surface area contributed by atoms with E-state index in [1.807, 2.05) is 34.6 Å². The molecule has 112 valence electrons. The van der Waals surface area contributed by atoms with Crippen LogP contribution in [0.4, 0.5) is 4.79 Å². The number of pyridine rings is 1. The molecule has 1 N–H and O–H groups in total. The third kappa shape index (κ3) is 6.10. The average molecular weight is 301 g/mol. The largest absolute Gasteiger partial charge is 0.490 e. The molecular weight excluding hydrogens is 280 g/mol. The molecule has 1 heterocycles. The fourth-order valence-electron chi connectivity index (χ4n) is 1.38. The van der Waals surface area contributed by atoms with E-state index >= 15 is 0 Å². The maximum atomic E-state index is 11.6. The van der Waals surface area contributed by atoms with Crippen LogP contribution in [-0.4, -0.2) is 29.3 Å². The number of amides is 1. The number of aryl methyl sites for hydroxylation is 1. The summed E-state index contributed by atoms with van der Waals surface area (Å²) in [5.74, 6) is 0.615. The third-order valence-corrected chi connectivity index (χ3v) is 2.65. The summed E-state index contributed by atoms with van der Waals surface area (Å²) in [4.78, 5) is 15.6. The molecule has 0 bridgehead atoms. The summed E-state index contributed by atoms with van der Waals surface area (Å²) >= 11 is 5.83. The summed E-state index contributed by atoms with van der Waals surface area (Å²) in [7, 11) is 0. The van der Waals surface area contributed by atoms with Crippen molar-refractivity contribution in [2.75, 3.05) is 6.61 Å². The van der Waals surface area contributed by atoms with Gasteiger partial charge < -0.3 is 14.8 Å². The second-order valence-electron chi connectivity index (χ2n) is 5.64. The second kappa shape index (κ2) is 6.79. The molecule has 0 saturated heterocycles. The Morgan fingerprint density at radius 3 is 2.70 bits per heavy atom. The van der Waals surface area contributed by atoms with Crippen LogP contribution in [0.15, 0.2) is 12.3 Å². The molecule has 1 aromatic rings. The van der Waals surface area contributed by atoms with Crippen molar-refractivity contribution < 1.29 is 14.3 Å². The maximum absolute atomic E-state index is 11.6. The summed E-state index contributed by atoms with van der Waals surface area (Å²) in [5.41, 5.74) is 0.332. The first-order chi connectivity index (χ1) is 9.17. The summed E-state index contributed by atoms with van der Waals surface area (Å²) < 4.78 is 10.7. The Balaban J connectivity index is 2.41. The van der Waals surface area contributed by atoms with Gasteiger partial charge in [0.05, 0.1) is 12.2 Å². The van der Waals surface area contributed by atoms with Crippen molar-refractivity contribution in [1.82, 2.24) is 10.3 Å². The zero-order chi connectivity index (χ0) is 15.3. The van der Waals surface area contributed by atoms with Gasteiger partial charge in [-0.25, -0.2) is 9.78 Å². The van der Waals surface area contributed by atoms with Gasteiger partial charge in [0.1, 0.15) is 23.1 Å². The molecule has 1 aromatic heterocycles. The van der Waals surface area contributed by atoms with Crippen molar-refractivity contribution in [2.45, 2.75) is 46.3 Å². The topological polar surface area (TPSA) is 60.5 Å². The minimum atomic E-state index is -0.512. The number of carbonyl (C=O) groups excluding carboxylic acids is 1. The van der Waals surface area contributed by atoms with Gasteiger partial charge in [0.25, 0.3) is 0 Å². The first kappa shape index (κ1) is 16.6. The number of hydrogen-bond donors (Lipinski definition) is 1. The van der Waals surface area contributed by atoms with Crippen LogP contribution in [0, 0.1) is 6.92 Å². The van der Waals surface area contributed by atoms with Gasteiger partial charge >= 0.3 is 6.09 Å². The van der Waals surface area contributed by atoms with Gasteiger partial charge in [0.15, 0.2) is 0 Å². The van der Waals surface area contributed by atoms with Crippen LogP contribution in [0.25, 0.3) is 0 Å². The predicted molar refractivity (Wildman–Crippen MR) is 78.3 cm³/mol. The SMILES string of the molecule is Cc1cc(OC[C@@H](C)NC(=O)OC(C)(C)C)cnc1Cl. The average Bonchev–Trinajstić information content (AvgIpc) is 2.28. The van der Waals surface area contributed by atoms with Crippen molar-refractivity contribution in [1.29, 1.82) is 0 Å². The Morgan fingerprint density at radius 2 is 2.15 bits per heavy atom. The van der Waals surface area contributed by atoms with Crippen molar-refractivity contribution in [3.8, 4) is 5.75 Å².